The number of hydrogen-bond acceptors (Lipinski definition) is 5. The number of carbonyl (C=O) groups excluding carboxylic acids is 2. The second-order valence-corrected chi connectivity index (χ2v) is 6.46. The number of amides is 2. The lowest BCUT2D eigenvalue weighted by Gasteiger charge is -2.38. The third-order valence-electron chi connectivity index (χ3n) is 3.46. The molecule has 0 spiro atoms. The monoisotopic (exact) mass is 297 g/mol. The van der Waals surface area contributed by atoms with Gasteiger partial charge < -0.3 is 15.4 Å². The van der Waals surface area contributed by atoms with Crippen molar-refractivity contribution in [1.29, 1.82) is 0 Å². The molecule has 1 unspecified atom stereocenters. The minimum absolute atomic E-state index is 0.0208. The molecule has 7 heteroatoms. The van der Waals surface area contributed by atoms with Crippen LogP contribution < -0.4 is 5.73 Å². The molecule has 20 heavy (non-hydrogen) atoms. The Balaban J connectivity index is 2.06. The average molecular weight is 297 g/mol. The van der Waals surface area contributed by atoms with Gasteiger partial charge in [-0.3, -0.25) is 9.59 Å². The number of thiazole rings is 1. The zero-order valence-electron chi connectivity index (χ0n) is 11.9. The predicted molar refractivity (Wildman–Crippen MR) is 75.4 cm³/mol. The van der Waals surface area contributed by atoms with Crippen molar-refractivity contribution in [3.63, 3.8) is 0 Å². The molecule has 1 aromatic rings. The maximum atomic E-state index is 12.3. The highest BCUT2D eigenvalue weighted by atomic mass is 32.1. The molecule has 1 fully saturated rings. The Hall–Kier alpha value is -1.47. The van der Waals surface area contributed by atoms with Crippen molar-refractivity contribution in [3.05, 3.63) is 15.6 Å². The molecule has 1 saturated heterocycles. The molecular formula is C13H19N3O3S. The molecule has 0 radical (unpaired) electrons. The van der Waals surface area contributed by atoms with Gasteiger partial charge in [-0.05, 0) is 20.8 Å². The van der Waals surface area contributed by atoms with Gasteiger partial charge in [-0.2, -0.15) is 0 Å². The normalized spacial score (nSPS) is 22.9. The Kier molecular flexibility index (Phi) is 4.10. The molecule has 6 nitrogen and oxygen atoms in total. The van der Waals surface area contributed by atoms with Crippen LogP contribution in [-0.2, 0) is 20.7 Å². The van der Waals surface area contributed by atoms with E-state index in [2.05, 4.69) is 4.98 Å². The zero-order chi connectivity index (χ0) is 14.9. The second-order valence-electron chi connectivity index (χ2n) is 5.18. The first-order valence-electron chi connectivity index (χ1n) is 6.46. The first-order valence-corrected chi connectivity index (χ1v) is 7.28. The van der Waals surface area contributed by atoms with Gasteiger partial charge in [0, 0.05) is 11.4 Å². The van der Waals surface area contributed by atoms with E-state index in [9.17, 15) is 9.59 Å². The van der Waals surface area contributed by atoms with Crippen LogP contribution in [0.3, 0.4) is 0 Å². The number of ether oxygens (including phenoxy) is 1. The average Bonchev–Trinajstić information content (AvgIpc) is 2.67. The van der Waals surface area contributed by atoms with Crippen LogP contribution >= 0.6 is 11.3 Å². The van der Waals surface area contributed by atoms with Crippen molar-refractivity contribution >= 4 is 23.2 Å². The Morgan fingerprint density at radius 3 is 2.75 bits per heavy atom. The summed E-state index contributed by atoms with van der Waals surface area (Å²) >= 11 is 1.53. The quantitative estimate of drug-likeness (QED) is 0.875. The Morgan fingerprint density at radius 2 is 2.20 bits per heavy atom. The van der Waals surface area contributed by atoms with Crippen molar-refractivity contribution in [2.45, 2.75) is 32.8 Å². The van der Waals surface area contributed by atoms with Gasteiger partial charge in [-0.15, -0.1) is 11.3 Å². The van der Waals surface area contributed by atoms with Gasteiger partial charge in [-0.1, -0.05) is 0 Å². The molecule has 2 heterocycles. The molecule has 1 atom stereocenters. The smallest absolute Gasteiger partial charge is 0.251 e. The minimum atomic E-state index is -1.09. The first-order chi connectivity index (χ1) is 9.32. The van der Waals surface area contributed by atoms with Crippen LogP contribution in [0.5, 0.6) is 0 Å². The molecule has 110 valence electrons. The molecule has 1 aliphatic rings. The lowest BCUT2D eigenvalue weighted by atomic mass is 10.0. The number of rotatable bonds is 3. The van der Waals surface area contributed by atoms with E-state index < -0.39 is 11.5 Å². The van der Waals surface area contributed by atoms with Crippen molar-refractivity contribution in [2.24, 2.45) is 5.73 Å². The van der Waals surface area contributed by atoms with Crippen LogP contribution in [0.15, 0.2) is 0 Å². The number of aryl methyl sites for hydroxylation is 2. The summed E-state index contributed by atoms with van der Waals surface area (Å²) in [5.74, 6) is -0.563. The molecule has 0 bridgehead atoms. The predicted octanol–water partition coefficient (Wildman–Crippen LogP) is 0.405. The van der Waals surface area contributed by atoms with Crippen LogP contribution in [0.4, 0.5) is 0 Å². The summed E-state index contributed by atoms with van der Waals surface area (Å²) < 4.78 is 5.41. The van der Waals surface area contributed by atoms with Crippen LogP contribution in [0, 0.1) is 13.8 Å². The third-order valence-corrected chi connectivity index (χ3v) is 4.53. The summed E-state index contributed by atoms with van der Waals surface area (Å²) in [5.41, 5.74) is 5.14. The van der Waals surface area contributed by atoms with Gasteiger partial charge in [-0.25, -0.2) is 4.98 Å². The van der Waals surface area contributed by atoms with Crippen molar-refractivity contribution in [1.82, 2.24) is 9.88 Å². The molecule has 2 N–H and O–H groups in total. The molecule has 1 aromatic heterocycles. The van der Waals surface area contributed by atoms with E-state index in [1.165, 1.54) is 11.3 Å². The Morgan fingerprint density at radius 1 is 1.50 bits per heavy atom. The topological polar surface area (TPSA) is 85.5 Å². The number of nitrogens with zero attached hydrogens (tertiary/aromatic N) is 2. The fourth-order valence-electron chi connectivity index (χ4n) is 2.22. The number of primary amides is 1. The van der Waals surface area contributed by atoms with E-state index in [1.54, 1.807) is 11.8 Å². The molecular weight excluding hydrogens is 278 g/mol. The van der Waals surface area contributed by atoms with E-state index >= 15 is 0 Å². The molecule has 1 aliphatic heterocycles. The fourth-order valence-corrected chi connectivity index (χ4v) is 3.15. The number of aromatic nitrogens is 1. The fraction of sp³-hybridized carbons (Fsp3) is 0.615. The second kappa shape index (κ2) is 5.49. The van der Waals surface area contributed by atoms with Gasteiger partial charge in [0.2, 0.25) is 5.91 Å². The SMILES string of the molecule is Cc1nc(C)c(CC(=O)N2CCOC(C)(C(N)=O)C2)s1. The summed E-state index contributed by atoms with van der Waals surface area (Å²) in [5, 5.41) is 0.953. The highest BCUT2D eigenvalue weighted by molar-refractivity contribution is 7.11. The van der Waals surface area contributed by atoms with E-state index in [0.717, 1.165) is 15.6 Å². The number of carbonyl (C=O) groups is 2. The van der Waals surface area contributed by atoms with Crippen LogP contribution in [0.25, 0.3) is 0 Å². The summed E-state index contributed by atoms with van der Waals surface area (Å²) in [6.07, 6.45) is 0.312. The van der Waals surface area contributed by atoms with Crippen molar-refractivity contribution in [3.8, 4) is 0 Å². The highest BCUT2D eigenvalue weighted by Gasteiger charge is 2.39. The van der Waals surface area contributed by atoms with Crippen LogP contribution in [0.1, 0.15) is 22.5 Å². The van der Waals surface area contributed by atoms with Crippen molar-refractivity contribution < 1.29 is 14.3 Å². The largest absolute Gasteiger partial charge is 0.367 e. The van der Waals surface area contributed by atoms with E-state index in [-0.39, 0.29) is 12.5 Å². The third kappa shape index (κ3) is 2.99. The summed E-state index contributed by atoms with van der Waals surface area (Å²) in [6.45, 7) is 6.46. The summed E-state index contributed by atoms with van der Waals surface area (Å²) in [6, 6.07) is 0. The molecule has 2 rings (SSSR count). The number of nitrogens with two attached hydrogens (primary N) is 1. The zero-order valence-corrected chi connectivity index (χ0v) is 12.7. The first kappa shape index (κ1) is 14.9. The Labute approximate surface area is 121 Å². The minimum Gasteiger partial charge on any atom is -0.367 e. The highest BCUT2D eigenvalue weighted by Crippen LogP contribution is 2.21. The lowest BCUT2D eigenvalue weighted by molar-refractivity contribution is -0.160. The van der Waals surface area contributed by atoms with Crippen LogP contribution in [-0.4, -0.2) is 47.0 Å². The summed E-state index contributed by atoms with van der Waals surface area (Å²) in [7, 11) is 0. The van der Waals surface area contributed by atoms with Gasteiger partial charge >= 0.3 is 0 Å². The van der Waals surface area contributed by atoms with Gasteiger partial charge in [0.25, 0.3) is 5.91 Å². The molecule has 0 saturated carbocycles. The molecule has 0 aromatic carbocycles. The van der Waals surface area contributed by atoms with E-state index in [4.69, 9.17) is 10.5 Å². The maximum absolute atomic E-state index is 12.3. The van der Waals surface area contributed by atoms with Crippen molar-refractivity contribution in [2.75, 3.05) is 19.7 Å². The maximum Gasteiger partial charge on any atom is 0.251 e. The lowest BCUT2D eigenvalue weighted by Crippen LogP contribution is -2.58. The van der Waals surface area contributed by atoms with Gasteiger partial charge in [0.15, 0.2) is 5.60 Å². The van der Waals surface area contributed by atoms with E-state index in [1.807, 2.05) is 13.8 Å². The Bertz CT molecular complexity index is 543. The molecule has 0 aliphatic carbocycles. The number of morpholine rings is 1. The van der Waals surface area contributed by atoms with Gasteiger partial charge in [0.05, 0.1) is 30.3 Å². The number of hydrogen-bond donors (Lipinski definition) is 1. The standard InChI is InChI=1S/C13H19N3O3S/c1-8-10(20-9(2)15-8)6-11(17)16-4-5-19-13(3,7-16)12(14)18/h4-7H2,1-3H3,(H2,14,18). The summed E-state index contributed by atoms with van der Waals surface area (Å²) in [4.78, 5) is 30.7. The molecule has 2 amide bonds. The van der Waals surface area contributed by atoms with Gasteiger partial charge in [0.1, 0.15) is 0 Å². The van der Waals surface area contributed by atoms with E-state index in [0.29, 0.717) is 19.6 Å². The van der Waals surface area contributed by atoms with Crippen LogP contribution in [0.2, 0.25) is 0 Å².